The van der Waals surface area contributed by atoms with Gasteiger partial charge in [0.05, 0.1) is 11.7 Å². The zero-order chi connectivity index (χ0) is 16.4. The number of aliphatic hydroxyl groups excluding tert-OH is 1. The SMILES string of the molecule is CC1CCC1Nc1nc(NC2CCC(O)CC2)ncc1C(N)=O. The molecule has 0 radical (unpaired) electrons. The third kappa shape index (κ3) is 3.72. The molecule has 2 atom stereocenters. The Morgan fingerprint density at radius 2 is 1.96 bits per heavy atom. The van der Waals surface area contributed by atoms with Gasteiger partial charge in [0, 0.05) is 18.3 Å². The second-order valence-corrected chi connectivity index (χ2v) is 6.78. The first-order valence-electron chi connectivity index (χ1n) is 8.41. The van der Waals surface area contributed by atoms with Gasteiger partial charge in [-0.15, -0.1) is 0 Å². The molecule has 1 amide bonds. The quantitative estimate of drug-likeness (QED) is 0.654. The number of aromatic nitrogens is 2. The van der Waals surface area contributed by atoms with Crippen LogP contribution in [-0.2, 0) is 0 Å². The molecule has 0 aromatic carbocycles. The van der Waals surface area contributed by atoms with Crippen molar-refractivity contribution in [3.63, 3.8) is 0 Å². The number of nitrogens with two attached hydrogens (primary N) is 1. The van der Waals surface area contributed by atoms with Gasteiger partial charge in [-0.05, 0) is 44.4 Å². The van der Waals surface area contributed by atoms with Crippen LogP contribution in [0.2, 0.25) is 0 Å². The van der Waals surface area contributed by atoms with Crippen LogP contribution < -0.4 is 16.4 Å². The summed E-state index contributed by atoms with van der Waals surface area (Å²) in [6.07, 6.45) is 6.93. The Morgan fingerprint density at radius 3 is 2.52 bits per heavy atom. The van der Waals surface area contributed by atoms with E-state index in [1.807, 2.05) is 0 Å². The number of nitrogens with one attached hydrogen (secondary N) is 2. The monoisotopic (exact) mass is 319 g/mol. The van der Waals surface area contributed by atoms with Gasteiger partial charge < -0.3 is 21.5 Å². The Kier molecular flexibility index (Phi) is 4.66. The molecule has 1 heterocycles. The van der Waals surface area contributed by atoms with Crippen LogP contribution in [0.15, 0.2) is 6.20 Å². The van der Waals surface area contributed by atoms with Crippen molar-refractivity contribution in [2.75, 3.05) is 10.6 Å². The lowest BCUT2D eigenvalue weighted by atomic mass is 9.81. The fourth-order valence-corrected chi connectivity index (χ4v) is 3.20. The number of rotatable bonds is 5. The third-order valence-corrected chi connectivity index (χ3v) is 5.03. The molecule has 3 rings (SSSR count). The van der Waals surface area contributed by atoms with Crippen molar-refractivity contribution in [2.24, 2.45) is 11.7 Å². The summed E-state index contributed by atoms with van der Waals surface area (Å²) in [5.41, 5.74) is 5.75. The van der Waals surface area contributed by atoms with Crippen LogP contribution in [0.4, 0.5) is 11.8 Å². The van der Waals surface area contributed by atoms with E-state index in [4.69, 9.17) is 5.73 Å². The first-order valence-corrected chi connectivity index (χ1v) is 8.41. The van der Waals surface area contributed by atoms with E-state index in [0.717, 1.165) is 32.1 Å². The van der Waals surface area contributed by atoms with Crippen LogP contribution in [-0.4, -0.2) is 39.2 Å². The summed E-state index contributed by atoms with van der Waals surface area (Å²) >= 11 is 0. The van der Waals surface area contributed by atoms with Crippen molar-refractivity contribution in [1.82, 2.24) is 9.97 Å². The molecule has 2 saturated carbocycles. The predicted molar refractivity (Wildman–Crippen MR) is 88.2 cm³/mol. The van der Waals surface area contributed by atoms with Gasteiger partial charge in [-0.3, -0.25) is 4.79 Å². The van der Waals surface area contributed by atoms with Crippen molar-refractivity contribution in [1.29, 1.82) is 0 Å². The maximum absolute atomic E-state index is 11.6. The molecule has 0 bridgehead atoms. The standard InChI is InChI=1S/C16H25N5O2/c1-9-2-7-13(9)20-15-12(14(17)23)8-18-16(21-15)19-10-3-5-11(22)6-4-10/h8-11,13,22H,2-7H2,1H3,(H2,17,23)(H2,18,19,20,21). The van der Waals surface area contributed by atoms with Gasteiger partial charge in [0.1, 0.15) is 5.82 Å². The Balaban J connectivity index is 1.72. The first-order chi connectivity index (χ1) is 11.0. The van der Waals surface area contributed by atoms with Gasteiger partial charge in [0.2, 0.25) is 5.95 Å². The zero-order valence-corrected chi connectivity index (χ0v) is 13.5. The minimum atomic E-state index is -0.521. The molecular formula is C16H25N5O2. The van der Waals surface area contributed by atoms with E-state index in [9.17, 15) is 9.90 Å². The van der Waals surface area contributed by atoms with Gasteiger partial charge in [-0.25, -0.2) is 4.98 Å². The molecule has 23 heavy (non-hydrogen) atoms. The summed E-state index contributed by atoms with van der Waals surface area (Å²) in [4.78, 5) is 20.3. The Labute approximate surface area is 136 Å². The average Bonchev–Trinajstić information content (AvgIpc) is 2.53. The molecule has 0 spiro atoms. The summed E-state index contributed by atoms with van der Waals surface area (Å²) in [5, 5.41) is 16.2. The van der Waals surface area contributed by atoms with Gasteiger partial charge >= 0.3 is 0 Å². The molecule has 0 saturated heterocycles. The number of carbonyl (C=O) groups is 1. The molecule has 0 aliphatic heterocycles. The molecule has 1 aromatic heterocycles. The zero-order valence-electron chi connectivity index (χ0n) is 13.5. The summed E-state index contributed by atoms with van der Waals surface area (Å²) in [6, 6.07) is 0.592. The summed E-state index contributed by atoms with van der Waals surface area (Å²) < 4.78 is 0. The molecule has 2 aliphatic rings. The number of nitrogens with zero attached hydrogens (tertiary/aromatic N) is 2. The lowest BCUT2D eigenvalue weighted by Gasteiger charge is -2.35. The van der Waals surface area contributed by atoms with Crippen molar-refractivity contribution in [3.8, 4) is 0 Å². The molecule has 2 unspecified atom stereocenters. The van der Waals surface area contributed by atoms with Crippen LogP contribution in [0.5, 0.6) is 0 Å². The van der Waals surface area contributed by atoms with Gasteiger partial charge in [0.15, 0.2) is 0 Å². The highest BCUT2D eigenvalue weighted by Gasteiger charge is 2.28. The minimum Gasteiger partial charge on any atom is -0.393 e. The number of anilines is 2. The van der Waals surface area contributed by atoms with E-state index in [1.165, 1.54) is 12.6 Å². The second-order valence-electron chi connectivity index (χ2n) is 6.78. The van der Waals surface area contributed by atoms with E-state index in [2.05, 4.69) is 27.5 Å². The number of amides is 1. The van der Waals surface area contributed by atoms with Gasteiger partial charge in [-0.1, -0.05) is 6.92 Å². The number of aliphatic hydroxyl groups is 1. The summed E-state index contributed by atoms with van der Waals surface area (Å²) in [5.74, 6) is 1.07. The maximum atomic E-state index is 11.6. The Morgan fingerprint density at radius 1 is 1.22 bits per heavy atom. The van der Waals surface area contributed by atoms with E-state index in [0.29, 0.717) is 29.3 Å². The molecular weight excluding hydrogens is 294 g/mol. The predicted octanol–water partition coefficient (Wildman–Crippen LogP) is 1.50. The molecule has 7 heteroatoms. The Hall–Kier alpha value is -1.89. The highest BCUT2D eigenvalue weighted by Crippen LogP contribution is 2.30. The van der Waals surface area contributed by atoms with Crippen molar-refractivity contribution < 1.29 is 9.90 Å². The fourth-order valence-electron chi connectivity index (χ4n) is 3.20. The van der Waals surface area contributed by atoms with Crippen molar-refractivity contribution in [3.05, 3.63) is 11.8 Å². The number of carbonyl (C=O) groups excluding carboxylic acids is 1. The van der Waals surface area contributed by atoms with Crippen LogP contribution >= 0.6 is 0 Å². The number of hydrogen-bond donors (Lipinski definition) is 4. The molecule has 7 nitrogen and oxygen atoms in total. The van der Waals surface area contributed by atoms with Crippen LogP contribution in [0.3, 0.4) is 0 Å². The molecule has 1 aromatic rings. The lowest BCUT2D eigenvalue weighted by molar-refractivity contribution is 0.1000. The maximum Gasteiger partial charge on any atom is 0.254 e. The summed E-state index contributed by atoms with van der Waals surface area (Å²) in [6.45, 7) is 2.18. The third-order valence-electron chi connectivity index (χ3n) is 5.03. The molecule has 5 N–H and O–H groups in total. The molecule has 2 fully saturated rings. The highest BCUT2D eigenvalue weighted by atomic mass is 16.3. The lowest BCUT2D eigenvalue weighted by Crippen LogP contribution is -2.37. The Bertz CT molecular complexity index is 572. The van der Waals surface area contributed by atoms with Crippen LogP contribution in [0.1, 0.15) is 55.8 Å². The highest BCUT2D eigenvalue weighted by molar-refractivity contribution is 5.97. The smallest absolute Gasteiger partial charge is 0.254 e. The van der Waals surface area contributed by atoms with Crippen LogP contribution in [0, 0.1) is 5.92 Å². The largest absolute Gasteiger partial charge is 0.393 e. The first kappa shape index (κ1) is 16.0. The van der Waals surface area contributed by atoms with E-state index in [-0.39, 0.29) is 12.1 Å². The van der Waals surface area contributed by atoms with E-state index < -0.39 is 5.91 Å². The number of hydrogen-bond acceptors (Lipinski definition) is 6. The van der Waals surface area contributed by atoms with Crippen LogP contribution in [0.25, 0.3) is 0 Å². The van der Waals surface area contributed by atoms with Crippen molar-refractivity contribution in [2.45, 2.75) is 63.6 Å². The second kappa shape index (κ2) is 6.70. The topological polar surface area (TPSA) is 113 Å². The van der Waals surface area contributed by atoms with Crippen molar-refractivity contribution >= 4 is 17.7 Å². The van der Waals surface area contributed by atoms with E-state index in [1.54, 1.807) is 0 Å². The molecule has 126 valence electrons. The minimum absolute atomic E-state index is 0.191. The van der Waals surface area contributed by atoms with Gasteiger partial charge in [-0.2, -0.15) is 4.98 Å². The average molecular weight is 319 g/mol. The molecule has 2 aliphatic carbocycles. The van der Waals surface area contributed by atoms with Gasteiger partial charge in [0.25, 0.3) is 5.91 Å². The number of primary amides is 1. The normalized spacial score (nSPS) is 30.3. The fraction of sp³-hybridized carbons (Fsp3) is 0.688. The summed E-state index contributed by atoms with van der Waals surface area (Å²) in [7, 11) is 0. The van der Waals surface area contributed by atoms with E-state index >= 15 is 0 Å².